The molecule has 4 aromatic rings. The van der Waals surface area contributed by atoms with Crippen molar-refractivity contribution in [3.8, 4) is 22.8 Å². The van der Waals surface area contributed by atoms with E-state index in [-0.39, 0.29) is 5.95 Å². The second-order valence-corrected chi connectivity index (χ2v) is 8.32. The number of methoxy groups -OCH3 is 1. The van der Waals surface area contributed by atoms with Crippen molar-refractivity contribution in [2.75, 3.05) is 30.8 Å². The molecule has 9 heteroatoms. The molecule has 1 aliphatic heterocycles. The molecule has 1 aromatic carbocycles. The van der Waals surface area contributed by atoms with Gasteiger partial charge in [-0.05, 0) is 31.0 Å². The first-order valence-electron chi connectivity index (χ1n) is 10.2. The molecule has 2 N–H and O–H groups in total. The summed E-state index contributed by atoms with van der Waals surface area (Å²) in [5.41, 5.74) is 7.98. The van der Waals surface area contributed by atoms with Crippen LogP contribution < -0.4 is 15.4 Å². The highest BCUT2D eigenvalue weighted by atomic mass is 32.1. The first-order chi connectivity index (χ1) is 15.2. The minimum Gasteiger partial charge on any atom is -0.496 e. The number of hydrogen-bond acceptors (Lipinski definition) is 8. The highest BCUT2D eigenvalue weighted by Gasteiger charge is 2.25. The number of aromatic nitrogens is 5. The predicted molar refractivity (Wildman–Crippen MR) is 122 cm³/mol. The van der Waals surface area contributed by atoms with Gasteiger partial charge in [-0.15, -0.1) is 11.3 Å². The quantitative estimate of drug-likeness (QED) is 0.512. The summed E-state index contributed by atoms with van der Waals surface area (Å²) in [5, 5.41) is 7.55. The lowest BCUT2D eigenvalue weighted by Crippen LogP contribution is -2.33. The average molecular weight is 434 g/mol. The van der Waals surface area contributed by atoms with E-state index >= 15 is 0 Å². The Morgan fingerprint density at radius 1 is 1.06 bits per heavy atom. The van der Waals surface area contributed by atoms with E-state index in [1.54, 1.807) is 29.3 Å². The summed E-state index contributed by atoms with van der Waals surface area (Å²) < 4.78 is 7.19. The Bertz CT molecular complexity index is 1170. The van der Waals surface area contributed by atoms with Gasteiger partial charge in [-0.2, -0.15) is 15.1 Å². The standard InChI is InChI=1S/C22H23N7OS/c1-30-18-6-3-2-5-16(18)17-14-31-21(25-17)15-7-11-28(12-8-15)19-13-20(27-22(23)26-19)29-10-4-9-24-29/h2-6,9-10,13-15H,7-8,11-12H2,1H3,(H2,23,26,27). The van der Waals surface area contributed by atoms with Crippen LogP contribution >= 0.6 is 11.3 Å². The number of hydrogen-bond donors (Lipinski definition) is 1. The van der Waals surface area contributed by atoms with Crippen LogP contribution in [0.4, 0.5) is 11.8 Å². The zero-order valence-corrected chi connectivity index (χ0v) is 18.0. The van der Waals surface area contributed by atoms with E-state index in [4.69, 9.17) is 15.5 Å². The van der Waals surface area contributed by atoms with E-state index in [9.17, 15) is 0 Å². The van der Waals surface area contributed by atoms with Crippen LogP contribution in [0.1, 0.15) is 23.8 Å². The van der Waals surface area contributed by atoms with Gasteiger partial charge in [-0.25, -0.2) is 9.67 Å². The van der Waals surface area contributed by atoms with Crippen molar-refractivity contribution in [3.63, 3.8) is 0 Å². The molecule has 0 radical (unpaired) electrons. The topological polar surface area (TPSA) is 95.0 Å². The maximum atomic E-state index is 5.96. The minimum atomic E-state index is 0.256. The largest absolute Gasteiger partial charge is 0.496 e. The van der Waals surface area contributed by atoms with Crippen LogP contribution in [0.15, 0.2) is 54.2 Å². The van der Waals surface area contributed by atoms with E-state index in [0.29, 0.717) is 11.7 Å². The molecule has 1 fully saturated rings. The molecule has 0 bridgehead atoms. The lowest BCUT2D eigenvalue weighted by molar-refractivity contribution is 0.416. The van der Waals surface area contributed by atoms with Crippen LogP contribution in [0.5, 0.6) is 5.75 Å². The fourth-order valence-electron chi connectivity index (χ4n) is 3.93. The number of piperidine rings is 1. The second-order valence-electron chi connectivity index (χ2n) is 7.43. The van der Waals surface area contributed by atoms with E-state index < -0.39 is 0 Å². The number of nitrogen functional groups attached to an aromatic ring is 1. The molecular formula is C22H23N7OS. The second kappa shape index (κ2) is 8.35. The first kappa shape index (κ1) is 19.5. The van der Waals surface area contributed by atoms with Crippen LogP contribution in [0, 0.1) is 0 Å². The molecule has 158 valence electrons. The molecule has 1 saturated heterocycles. The Labute approximate surface area is 184 Å². The van der Waals surface area contributed by atoms with Crippen LogP contribution in [0.25, 0.3) is 17.1 Å². The lowest BCUT2D eigenvalue weighted by atomic mass is 9.97. The number of anilines is 2. The van der Waals surface area contributed by atoms with Crippen molar-refractivity contribution in [1.82, 2.24) is 24.7 Å². The summed E-state index contributed by atoms with van der Waals surface area (Å²) >= 11 is 1.73. The fourth-order valence-corrected chi connectivity index (χ4v) is 4.93. The van der Waals surface area contributed by atoms with Crippen LogP contribution in [-0.4, -0.2) is 44.9 Å². The zero-order valence-electron chi connectivity index (χ0n) is 17.2. The summed E-state index contributed by atoms with van der Waals surface area (Å²) in [7, 11) is 1.69. The SMILES string of the molecule is COc1ccccc1-c1csc(C2CCN(c3cc(-n4cccn4)nc(N)n3)CC2)n1. The molecule has 8 nitrogen and oxygen atoms in total. The number of rotatable bonds is 5. The fraction of sp³-hybridized carbons (Fsp3) is 0.273. The number of ether oxygens (including phenoxy) is 1. The maximum Gasteiger partial charge on any atom is 0.224 e. The normalized spacial score (nSPS) is 14.7. The third-order valence-electron chi connectivity index (χ3n) is 5.53. The van der Waals surface area contributed by atoms with Gasteiger partial charge in [-0.3, -0.25) is 0 Å². The van der Waals surface area contributed by atoms with Gasteiger partial charge < -0.3 is 15.4 Å². The van der Waals surface area contributed by atoms with Gasteiger partial charge in [0.05, 0.1) is 17.8 Å². The number of nitrogens with two attached hydrogens (primary N) is 1. The molecule has 0 aliphatic carbocycles. The van der Waals surface area contributed by atoms with Gasteiger partial charge in [0.2, 0.25) is 5.95 Å². The molecular weight excluding hydrogens is 410 g/mol. The minimum absolute atomic E-state index is 0.256. The molecule has 0 spiro atoms. The molecule has 3 aromatic heterocycles. The van der Waals surface area contributed by atoms with Crippen molar-refractivity contribution in [2.24, 2.45) is 0 Å². The van der Waals surface area contributed by atoms with Crippen molar-refractivity contribution in [2.45, 2.75) is 18.8 Å². The monoisotopic (exact) mass is 433 g/mol. The molecule has 1 aliphatic rings. The predicted octanol–water partition coefficient (Wildman–Crippen LogP) is 3.76. The van der Waals surface area contributed by atoms with Crippen molar-refractivity contribution < 1.29 is 4.74 Å². The van der Waals surface area contributed by atoms with Crippen molar-refractivity contribution in [3.05, 3.63) is 59.2 Å². The summed E-state index contributed by atoms with van der Waals surface area (Å²) in [5.74, 6) is 3.06. The Hall–Kier alpha value is -3.46. The zero-order chi connectivity index (χ0) is 21.2. The number of benzene rings is 1. The third kappa shape index (κ3) is 3.96. The molecule has 0 unspecified atom stereocenters. The van der Waals surface area contributed by atoms with Gasteiger partial charge in [0.25, 0.3) is 0 Å². The molecule has 5 rings (SSSR count). The molecule has 4 heterocycles. The van der Waals surface area contributed by atoms with Gasteiger partial charge >= 0.3 is 0 Å². The highest BCUT2D eigenvalue weighted by Crippen LogP contribution is 2.36. The summed E-state index contributed by atoms with van der Waals surface area (Å²) in [6.07, 6.45) is 5.59. The molecule has 31 heavy (non-hydrogen) atoms. The van der Waals surface area contributed by atoms with Crippen LogP contribution in [-0.2, 0) is 0 Å². The number of nitrogens with zero attached hydrogens (tertiary/aromatic N) is 6. The molecule has 0 saturated carbocycles. The summed E-state index contributed by atoms with van der Waals surface area (Å²) in [6.45, 7) is 1.78. The van der Waals surface area contributed by atoms with Crippen molar-refractivity contribution in [1.29, 1.82) is 0 Å². The van der Waals surface area contributed by atoms with Gasteiger partial charge in [0.1, 0.15) is 11.6 Å². The lowest BCUT2D eigenvalue weighted by Gasteiger charge is -2.32. The molecule has 0 amide bonds. The molecule has 0 atom stereocenters. The van der Waals surface area contributed by atoms with Crippen molar-refractivity contribution >= 4 is 23.1 Å². The number of thiazole rings is 1. The van der Waals surface area contributed by atoms with Crippen LogP contribution in [0.3, 0.4) is 0 Å². The first-order valence-corrected chi connectivity index (χ1v) is 11.1. The number of para-hydroxylation sites is 1. The third-order valence-corrected chi connectivity index (χ3v) is 6.54. The summed E-state index contributed by atoms with van der Waals surface area (Å²) in [4.78, 5) is 15.9. The Morgan fingerprint density at radius 3 is 2.65 bits per heavy atom. The van der Waals surface area contributed by atoms with E-state index in [2.05, 4.69) is 31.4 Å². The van der Waals surface area contributed by atoms with E-state index in [1.807, 2.05) is 36.5 Å². The van der Waals surface area contributed by atoms with Gasteiger partial charge in [-0.1, -0.05) is 12.1 Å². The Kier molecular flexibility index (Phi) is 5.25. The smallest absolute Gasteiger partial charge is 0.224 e. The van der Waals surface area contributed by atoms with Gasteiger partial charge in [0.15, 0.2) is 5.82 Å². The van der Waals surface area contributed by atoms with E-state index in [0.717, 1.165) is 48.8 Å². The van der Waals surface area contributed by atoms with Crippen LogP contribution in [0.2, 0.25) is 0 Å². The average Bonchev–Trinajstić information content (AvgIpc) is 3.51. The van der Waals surface area contributed by atoms with Gasteiger partial charge in [0, 0.05) is 48.4 Å². The summed E-state index contributed by atoms with van der Waals surface area (Å²) in [6, 6.07) is 11.8. The van der Waals surface area contributed by atoms with E-state index in [1.165, 1.54) is 5.01 Å². The maximum absolute atomic E-state index is 5.96. The highest BCUT2D eigenvalue weighted by molar-refractivity contribution is 7.10. The Balaban J connectivity index is 1.30. The Morgan fingerprint density at radius 2 is 1.87 bits per heavy atom.